The summed E-state index contributed by atoms with van der Waals surface area (Å²) in [4.78, 5) is 16.3. The van der Waals surface area contributed by atoms with E-state index in [0.29, 0.717) is 42.3 Å². The van der Waals surface area contributed by atoms with Crippen molar-refractivity contribution >= 4 is 29.4 Å². The molecule has 0 saturated carbocycles. The van der Waals surface area contributed by atoms with E-state index < -0.39 is 6.03 Å². The van der Waals surface area contributed by atoms with Gasteiger partial charge in [0.05, 0.1) is 17.3 Å². The number of carbonyl (C=O) groups excluding carboxylic acids is 1. The molecule has 1 saturated heterocycles. The SMILES string of the molecule is NC(=O)N1CCc2c(c(-c3ccc(Cl)c(C#Cc4ccc(CNCc5ccccc5F)cc4)c3)nn2CCCN2CCSCC2)C1. The van der Waals surface area contributed by atoms with E-state index >= 15 is 0 Å². The van der Waals surface area contributed by atoms with Crippen LogP contribution in [-0.4, -0.2) is 63.3 Å². The van der Waals surface area contributed by atoms with Crippen LogP contribution in [0.3, 0.4) is 0 Å². The zero-order valence-electron chi connectivity index (χ0n) is 25.8. The van der Waals surface area contributed by atoms with Gasteiger partial charge in [-0.3, -0.25) is 4.68 Å². The molecule has 4 aromatic rings. The van der Waals surface area contributed by atoms with Gasteiger partial charge in [0.1, 0.15) is 5.82 Å². The standard InChI is InChI=1S/C36H38ClFN6OS/c37-32-13-12-29(22-28(32)11-10-26-6-8-27(9-7-26)23-40-24-30-4-1-2-5-33(30)38)35-31-25-43(36(39)45)17-14-34(31)44(41-35)16-3-15-42-18-20-46-21-19-42/h1-2,4-9,12-13,22,40H,3,14-21,23-25H2,(H2,39,45). The predicted molar refractivity (Wildman–Crippen MR) is 184 cm³/mol. The van der Waals surface area contributed by atoms with Gasteiger partial charge in [0.2, 0.25) is 0 Å². The van der Waals surface area contributed by atoms with E-state index in [-0.39, 0.29) is 5.82 Å². The number of nitrogens with zero attached hydrogens (tertiary/aromatic N) is 4. The van der Waals surface area contributed by atoms with Crippen LogP contribution in [0.4, 0.5) is 9.18 Å². The summed E-state index contributed by atoms with van der Waals surface area (Å²) in [5, 5.41) is 8.94. The van der Waals surface area contributed by atoms with Crippen LogP contribution in [0, 0.1) is 17.7 Å². The third-order valence-electron chi connectivity index (χ3n) is 8.53. The van der Waals surface area contributed by atoms with E-state index in [1.54, 1.807) is 17.0 Å². The van der Waals surface area contributed by atoms with Gasteiger partial charge in [0.25, 0.3) is 0 Å². The highest BCUT2D eigenvalue weighted by atomic mass is 35.5. The van der Waals surface area contributed by atoms with Crippen LogP contribution in [0.5, 0.6) is 0 Å². The minimum absolute atomic E-state index is 0.202. The van der Waals surface area contributed by atoms with Crippen LogP contribution in [0.1, 0.15) is 39.9 Å². The number of nitrogens with two attached hydrogens (primary N) is 1. The van der Waals surface area contributed by atoms with Crippen molar-refractivity contribution in [1.29, 1.82) is 0 Å². The average Bonchev–Trinajstić information content (AvgIpc) is 3.44. The summed E-state index contributed by atoms with van der Waals surface area (Å²) in [6.45, 7) is 6.30. The van der Waals surface area contributed by atoms with Crippen LogP contribution in [0.15, 0.2) is 66.7 Å². The lowest BCUT2D eigenvalue weighted by atomic mass is 9.99. The molecule has 0 bridgehead atoms. The van der Waals surface area contributed by atoms with Crippen molar-refractivity contribution < 1.29 is 9.18 Å². The number of rotatable bonds is 9. The van der Waals surface area contributed by atoms with Gasteiger partial charge in [0.15, 0.2) is 0 Å². The molecule has 46 heavy (non-hydrogen) atoms. The van der Waals surface area contributed by atoms with Crippen molar-refractivity contribution in [1.82, 2.24) is 24.9 Å². The first-order valence-electron chi connectivity index (χ1n) is 15.7. The maximum Gasteiger partial charge on any atom is 0.315 e. The van der Waals surface area contributed by atoms with E-state index in [4.69, 9.17) is 22.4 Å². The largest absolute Gasteiger partial charge is 0.351 e. The number of aryl methyl sites for hydroxylation is 1. The highest BCUT2D eigenvalue weighted by Crippen LogP contribution is 2.32. The lowest BCUT2D eigenvalue weighted by Crippen LogP contribution is -2.39. The van der Waals surface area contributed by atoms with E-state index in [2.05, 4.69) is 26.7 Å². The first kappa shape index (κ1) is 32.1. The second kappa shape index (κ2) is 15.2. The first-order chi connectivity index (χ1) is 22.4. The second-order valence-corrected chi connectivity index (χ2v) is 13.3. The van der Waals surface area contributed by atoms with Crippen molar-refractivity contribution in [3.63, 3.8) is 0 Å². The van der Waals surface area contributed by atoms with Crippen LogP contribution in [0.25, 0.3) is 11.3 Å². The number of thioether (sulfide) groups is 1. The van der Waals surface area contributed by atoms with E-state index in [0.717, 1.165) is 67.0 Å². The van der Waals surface area contributed by atoms with Crippen LogP contribution < -0.4 is 11.1 Å². The van der Waals surface area contributed by atoms with Crippen molar-refractivity contribution in [3.8, 4) is 23.1 Å². The Morgan fingerprint density at radius 2 is 1.80 bits per heavy atom. The Bertz CT molecular complexity index is 1740. The normalized spacial score (nSPS) is 14.9. The summed E-state index contributed by atoms with van der Waals surface area (Å²) < 4.78 is 16.0. The molecule has 7 nitrogen and oxygen atoms in total. The number of amides is 2. The Morgan fingerprint density at radius 3 is 2.59 bits per heavy atom. The van der Waals surface area contributed by atoms with Gasteiger partial charge in [0, 0.05) is 90.7 Å². The maximum atomic E-state index is 13.9. The number of hydrogen-bond acceptors (Lipinski definition) is 5. The van der Waals surface area contributed by atoms with E-state index in [1.807, 2.05) is 60.3 Å². The van der Waals surface area contributed by atoms with Crippen molar-refractivity contribution in [2.24, 2.45) is 5.73 Å². The van der Waals surface area contributed by atoms with Gasteiger partial charge in [-0.05, 0) is 48.9 Å². The van der Waals surface area contributed by atoms with Gasteiger partial charge >= 0.3 is 6.03 Å². The molecule has 0 radical (unpaired) electrons. The zero-order valence-corrected chi connectivity index (χ0v) is 27.3. The van der Waals surface area contributed by atoms with Crippen LogP contribution >= 0.6 is 23.4 Å². The number of carbonyl (C=O) groups is 1. The number of primary amides is 1. The Kier molecular flexibility index (Phi) is 10.6. The lowest BCUT2D eigenvalue weighted by Gasteiger charge is -2.27. The Hall–Kier alpha value is -3.81. The van der Waals surface area contributed by atoms with Crippen molar-refractivity contribution in [2.75, 3.05) is 37.7 Å². The van der Waals surface area contributed by atoms with Gasteiger partial charge in [-0.15, -0.1) is 0 Å². The quantitative estimate of drug-likeness (QED) is 0.219. The maximum absolute atomic E-state index is 13.9. The molecule has 0 unspecified atom stereocenters. The fraction of sp³-hybridized carbons (Fsp3) is 0.333. The second-order valence-electron chi connectivity index (χ2n) is 11.7. The molecule has 0 atom stereocenters. The van der Waals surface area contributed by atoms with Crippen molar-refractivity contribution in [2.45, 2.75) is 39.0 Å². The number of urea groups is 1. The molecule has 1 aromatic heterocycles. The van der Waals surface area contributed by atoms with Crippen LogP contribution in [0.2, 0.25) is 5.02 Å². The Morgan fingerprint density at radius 1 is 1.00 bits per heavy atom. The first-order valence-corrected chi connectivity index (χ1v) is 17.3. The number of hydrogen-bond donors (Lipinski definition) is 2. The summed E-state index contributed by atoms with van der Waals surface area (Å²) in [6, 6.07) is 20.2. The Labute approximate surface area is 279 Å². The minimum Gasteiger partial charge on any atom is -0.351 e. The van der Waals surface area contributed by atoms with E-state index in [1.165, 1.54) is 23.3 Å². The molecule has 0 spiro atoms. The number of halogens is 2. The topological polar surface area (TPSA) is 79.4 Å². The number of benzene rings is 3. The molecule has 238 valence electrons. The monoisotopic (exact) mass is 656 g/mol. The molecule has 1 fully saturated rings. The fourth-order valence-electron chi connectivity index (χ4n) is 5.96. The number of aromatic nitrogens is 2. The molecule has 2 aliphatic heterocycles. The highest BCUT2D eigenvalue weighted by Gasteiger charge is 2.27. The molecule has 3 N–H and O–H groups in total. The molecule has 6 rings (SSSR count). The summed E-state index contributed by atoms with van der Waals surface area (Å²) in [7, 11) is 0. The summed E-state index contributed by atoms with van der Waals surface area (Å²) in [5.41, 5.74) is 13.0. The third kappa shape index (κ3) is 7.94. The fourth-order valence-corrected chi connectivity index (χ4v) is 7.11. The molecule has 3 heterocycles. The smallest absolute Gasteiger partial charge is 0.315 e. The summed E-state index contributed by atoms with van der Waals surface area (Å²) in [5.74, 6) is 8.69. The molecule has 0 aliphatic carbocycles. The molecule has 10 heteroatoms. The molecular formula is C36H38ClFN6OS. The highest BCUT2D eigenvalue weighted by molar-refractivity contribution is 7.99. The summed E-state index contributed by atoms with van der Waals surface area (Å²) in [6.07, 6.45) is 1.75. The predicted octanol–water partition coefficient (Wildman–Crippen LogP) is 5.91. The van der Waals surface area contributed by atoms with Gasteiger partial charge < -0.3 is 20.9 Å². The van der Waals surface area contributed by atoms with Gasteiger partial charge in [-0.1, -0.05) is 59.8 Å². The van der Waals surface area contributed by atoms with Crippen LogP contribution in [-0.2, 0) is 32.6 Å². The third-order valence-corrected chi connectivity index (χ3v) is 9.80. The van der Waals surface area contributed by atoms with E-state index in [9.17, 15) is 9.18 Å². The number of nitrogens with one attached hydrogen (secondary N) is 1. The molecular weight excluding hydrogens is 619 g/mol. The molecule has 3 aromatic carbocycles. The summed E-state index contributed by atoms with van der Waals surface area (Å²) >= 11 is 8.64. The van der Waals surface area contributed by atoms with Gasteiger partial charge in [-0.2, -0.15) is 16.9 Å². The molecule has 2 amide bonds. The average molecular weight is 657 g/mol. The number of fused-ring (bicyclic) bond motifs is 1. The minimum atomic E-state index is -0.415. The lowest BCUT2D eigenvalue weighted by molar-refractivity contribution is 0.201. The Balaban J connectivity index is 1.17. The van der Waals surface area contributed by atoms with Gasteiger partial charge in [-0.25, -0.2) is 9.18 Å². The zero-order chi connectivity index (χ0) is 31.9. The molecule has 2 aliphatic rings. The van der Waals surface area contributed by atoms with Crippen molar-refractivity contribution in [3.05, 3.63) is 111 Å².